The Morgan fingerprint density at radius 1 is 1.40 bits per heavy atom. The lowest BCUT2D eigenvalue weighted by molar-refractivity contribution is 0.102. The van der Waals surface area contributed by atoms with Crippen LogP contribution in [-0.2, 0) is 0 Å². The minimum atomic E-state index is -0.280. The van der Waals surface area contributed by atoms with Crippen LogP contribution in [0, 0.1) is 13.8 Å². The number of thiophene rings is 1. The maximum absolute atomic E-state index is 12.3. The third-order valence-electron chi connectivity index (χ3n) is 3.01. The van der Waals surface area contributed by atoms with Crippen molar-refractivity contribution < 1.29 is 4.79 Å². The SMILES string of the molecule is Cc1cn[nH]c1NC(=O)c1sc2nc[nH]c(=O)c2c1C. The van der Waals surface area contributed by atoms with E-state index >= 15 is 0 Å². The van der Waals surface area contributed by atoms with Crippen LogP contribution in [0.15, 0.2) is 17.3 Å². The third-order valence-corrected chi connectivity index (χ3v) is 4.20. The minimum Gasteiger partial charge on any atom is -0.313 e. The van der Waals surface area contributed by atoms with E-state index in [2.05, 4.69) is 25.5 Å². The number of H-pyrrole nitrogens is 2. The van der Waals surface area contributed by atoms with Gasteiger partial charge in [0.1, 0.15) is 10.6 Å². The number of aromatic amines is 2. The van der Waals surface area contributed by atoms with Gasteiger partial charge in [-0.1, -0.05) is 0 Å². The van der Waals surface area contributed by atoms with Gasteiger partial charge in [-0.15, -0.1) is 11.3 Å². The number of hydrogen-bond donors (Lipinski definition) is 3. The van der Waals surface area contributed by atoms with E-state index in [0.717, 1.165) is 5.56 Å². The predicted molar refractivity (Wildman–Crippen MR) is 76.3 cm³/mol. The van der Waals surface area contributed by atoms with Gasteiger partial charge in [0.15, 0.2) is 0 Å². The Bertz CT molecular complexity index is 860. The van der Waals surface area contributed by atoms with E-state index in [9.17, 15) is 9.59 Å². The number of aromatic nitrogens is 4. The monoisotopic (exact) mass is 289 g/mol. The predicted octanol–water partition coefficient (Wildman–Crippen LogP) is 1.58. The molecule has 1 amide bonds. The van der Waals surface area contributed by atoms with E-state index in [1.807, 2.05) is 6.92 Å². The van der Waals surface area contributed by atoms with Gasteiger partial charge in [0, 0.05) is 5.56 Å². The molecule has 0 aliphatic rings. The van der Waals surface area contributed by atoms with Crippen molar-refractivity contribution in [2.45, 2.75) is 13.8 Å². The molecule has 102 valence electrons. The Balaban J connectivity index is 2.04. The van der Waals surface area contributed by atoms with Crippen LogP contribution in [0.2, 0.25) is 0 Å². The number of amides is 1. The average molecular weight is 289 g/mol. The lowest BCUT2D eigenvalue weighted by Gasteiger charge is -2.02. The first-order valence-corrected chi connectivity index (χ1v) is 6.67. The number of anilines is 1. The first-order chi connectivity index (χ1) is 9.58. The Morgan fingerprint density at radius 2 is 2.20 bits per heavy atom. The van der Waals surface area contributed by atoms with Crippen LogP contribution >= 0.6 is 11.3 Å². The van der Waals surface area contributed by atoms with Crippen molar-refractivity contribution in [1.82, 2.24) is 20.2 Å². The second-order valence-corrected chi connectivity index (χ2v) is 5.35. The highest BCUT2D eigenvalue weighted by atomic mass is 32.1. The molecule has 0 saturated carbocycles. The second kappa shape index (κ2) is 4.57. The highest BCUT2D eigenvalue weighted by Gasteiger charge is 2.19. The Labute approximate surface area is 117 Å². The summed E-state index contributed by atoms with van der Waals surface area (Å²) in [5, 5.41) is 9.76. The van der Waals surface area contributed by atoms with Gasteiger partial charge in [-0.2, -0.15) is 5.10 Å². The van der Waals surface area contributed by atoms with Crippen LogP contribution in [0.25, 0.3) is 10.2 Å². The molecular formula is C12H11N5O2S. The quantitative estimate of drug-likeness (QED) is 0.666. The zero-order valence-electron chi connectivity index (χ0n) is 10.8. The van der Waals surface area contributed by atoms with Crippen LogP contribution < -0.4 is 10.9 Å². The summed E-state index contributed by atoms with van der Waals surface area (Å²) < 4.78 is 0. The molecule has 3 aromatic heterocycles. The van der Waals surface area contributed by atoms with Crippen molar-refractivity contribution in [2.24, 2.45) is 0 Å². The summed E-state index contributed by atoms with van der Waals surface area (Å²) >= 11 is 1.20. The molecule has 7 nitrogen and oxygen atoms in total. The first-order valence-electron chi connectivity index (χ1n) is 5.86. The molecule has 0 aliphatic carbocycles. The number of carbonyl (C=O) groups is 1. The molecule has 3 rings (SSSR count). The van der Waals surface area contributed by atoms with E-state index < -0.39 is 0 Å². The van der Waals surface area contributed by atoms with Crippen molar-refractivity contribution in [1.29, 1.82) is 0 Å². The summed E-state index contributed by atoms with van der Waals surface area (Å²) in [4.78, 5) is 31.7. The number of nitrogens with zero attached hydrogens (tertiary/aromatic N) is 2. The molecule has 0 bridgehead atoms. The van der Waals surface area contributed by atoms with Gasteiger partial charge < -0.3 is 10.3 Å². The smallest absolute Gasteiger partial charge is 0.267 e. The molecule has 0 fully saturated rings. The van der Waals surface area contributed by atoms with Crippen LogP contribution in [-0.4, -0.2) is 26.1 Å². The number of carbonyl (C=O) groups excluding carboxylic acids is 1. The lowest BCUT2D eigenvalue weighted by atomic mass is 10.2. The van der Waals surface area contributed by atoms with Crippen LogP contribution in [0.5, 0.6) is 0 Å². The summed E-state index contributed by atoms with van der Waals surface area (Å²) in [7, 11) is 0. The van der Waals surface area contributed by atoms with Crippen molar-refractivity contribution in [3.63, 3.8) is 0 Å². The average Bonchev–Trinajstić information content (AvgIpc) is 2.95. The summed E-state index contributed by atoms with van der Waals surface area (Å²) in [5.41, 5.74) is 1.24. The standard InChI is InChI=1S/C12H11N5O2S/c1-5-3-15-17-9(5)16-11(19)8-6(2)7-10(18)13-4-14-12(7)20-8/h3-4H,1-2H3,(H,13,14,18)(H2,15,16,17,19). The number of hydrogen-bond acceptors (Lipinski definition) is 5. The molecule has 0 unspecified atom stereocenters. The molecule has 0 aliphatic heterocycles. The largest absolute Gasteiger partial charge is 0.313 e. The fraction of sp³-hybridized carbons (Fsp3) is 0.167. The van der Waals surface area contributed by atoms with E-state index in [4.69, 9.17) is 0 Å². The minimum absolute atomic E-state index is 0.236. The Kier molecular flexibility index (Phi) is 2.87. The number of aryl methyl sites for hydroxylation is 2. The van der Waals surface area contributed by atoms with Crippen molar-refractivity contribution in [3.8, 4) is 0 Å². The number of fused-ring (bicyclic) bond motifs is 1. The fourth-order valence-electron chi connectivity index (χ4n) is 1.94. The molecule has 0 radical (unpaired) electrons. The van der Waals surface area contributed by atoms with Crippen molar-refractivity contribution >= 4 is 33.3 Å². The topological polar surface area (TPSA) is 104 Å². The molecule has 3 N–H and O–H groups in total. The maximum atomic E-state index is 12.3. The van der Waals surface area contributed by atoms with Gasteiger partial charge in [0.05, 0.1) is 22.8 Å². The molecule has 3 aromatic rings. The number of nitrogens with one attached hydrogen (secondary N) is 3. The summed E-state index contributed by atoms with van der Waals surface area (Å²) in [6, 6.07) is 0. The molecule has 8 heteroatoms. The first kappa shape index (κ1) is 12.5. The third kappa shape index (κ3) is 1.90. The summed E-state index contributed by atoms with van der Waals surface area (Å²) in [6.45, 7) is 3.58. The van der Waals surface area contributed by atoms with Crippen LogP contribution in [0.3, 0.4) is 0 Å². The van der Waals surface area contributed by atoms with Gasteiger partial charge in [-0.25, -0.2) is 4.98 Å². The number of rotatable bonds is 2. The molecule has 0 spiro atoms. The van der Waals surface area contributed by atoms with E-state index in [-0.39, 0.29) is 11.5 Å². The summed E-state index contributed by atoms with van der Waals surface area (Å²) in [5.74, 6) is 0.269. The Morgan fingerprint density at radius 3 is 2.85 bits per heavy atom. The highest BCUT2D eigenvalue weighted by molar-refractivity contribution is 7.20. The second-order valence-electron chi connectivity index (χ2n) is 4.35. The Hall–Kier alpha value is -2.48. The van der Waals surface area contributed by atoms with E-state index in [1.165, 1.54) is 17.7 Å². The van der Waals surface area contributed by atoms with Gasteiger partial charge in [0.2, 0.25) is 0 Å². The van der Waals surface area contributed by atoms with Gasteiger partial charge in [-0.3, -0.25) is 14.7 Å². The van der Waals surface area contributed by atoms with Crippen LogP contribution in [0.1, 0.15) is 20.8 Å². The van der Waals surface area contributed by atoms with E-state index in [0.29, 0.717) is 26.5 Å². The zero-order chi connectivity index (χ0) is 14.3. The van der Waals surface area contributed by atoms with Gasteiger partial charge in [-0.05, 0) is 19.4 Å². The highest BCUT2D eigenvalue weighted by Crippen LogP contribution is 2.27. The molecular weight excluding hydrogens is 278 g/mol. The molecule has 0 saturated heterocycles. The van der Waals surface area contributed by atoms with Crippen molar-refractivity contribution in [3.05, 3.63) is 38.9 Å². The van der Waals surface area contributed by atoms with E-state index in [1.54, 1.807) is 13.1 Å². The zero-order valence-corrected chi connectivity index (χ0v) is 11.6. The lowest BCUT2D eigenvalue weighted by Crippen LogP contribution is -2.13. The van der Waals surface area contributed by atoms with Gasteiger partial charge >= 0.3 is 0 Å². The molecule has 0 aromatic carbocycles. The molecule has 20 heavy (non-hydrogen) atoms. The normalized spacial score (nSPS) is 10.9. The van der Waals surface area contributed by atoms with Crippen LogP contribution in [0.4, 0.5) is 5.82 Å². The van der Waals surface area contributed by atoms with Crippen molar-refractivity contribution in [2.75, 3.05) is 5.32 Å². The van der Waals surface area contributed by atoms with Gasteiger partial charge in [0.25, 0.3) is 11.5 Å². The summed E-state index contributed by atoms with van der Waals surface area (Å²) in [6.07, 6.45) is 2.96. The molecule has 0 atom stereocenters. The maximum Gasteiger partial charge on any atom is 0.267 e. The fourth-order valence-corrected chi connectivity index (χ4v) is 2.98. The molecule has 3 heterocycles.